The van der Waals surface area contributed by atoms with E-state index >= 15 is 0 Å². The van der Waals surface area contributed by atoms with E-state index in [1.54, 1.807) is 14.2 Å². The summed E-state index contributed by atoms with van der Waals surface area (Å²) in [6, 6.07) is 25.6. The second-order valence-electron chi connectivity index (χ2n) is 14.8. The first-order valence-corrected chi connectivity index (χ1v) is 18.7. The summed E-state index contributed by atoms with van der Waals surface area (Å²) in [5, 5.41) is 0.740. The van der Waals surface area contributed by atoms with Crippen LogP contribution in [-0.4, -0.2) is 97.1 Å². The molecule has 1 saturated carbocycles. The number of halogens is 1. The van der Waals surface area contributed by atoms with Crippen molar-refractivity contribution in [2.45, 2.75) is 76.5 Å². The van der Waals surface area contributed by atoms with Crippen LogP contribution in [0.5, 0.6) is 11.5 Å². The first-order valence-electron chi connectivity index (χ1n) is 18.3. The summed E-state index contributed by atoms with van der Waals surface area (Å²) >= 11 is 6.24. The molecule has 264 valence electrons. The van der Waals surface area contributed by atoms with Gasteiger partial charge in [-0.15, -0.1) is 0 Å². The number of nitrogens with zero attached hydrogens (tertiary/aromatic N) is 4. The first-order chi connectivity index (χ1) is 23.8. The lowest BCUT2D eigenvalue weighted by Crippen LogP contribution is -2.62. The molecule has 3 aromatic rings. The Balaban J connectivity index is 1.17. The van der Waals surface area contributed by atoms with E-state index in [2.05, 4.69) is 94.1 Å². The summed E-state index contributed by atoms with van der Waals surface area (Å²) in [6.07, 6.45) is 6.22. The van der Waals surface area contributed by atoms with Gasteiger partial charge in [0.15, 0.2) is 0 Å². The fourth-order valence-electron chi connectivity index (χ4n) is 8.54. The third-order valence-corrected chi connectivity index (χ3v) is 11.6. The number of benzene rings is 3. The van der Waals surface area contributed by atoms with Gasteiger partial charge in [-0.2, -0.15) is 0 Å². The van der Waals surface area contributed by atoms with Gasteiger partial charge >= 0.3 is 0 Å². The van der Waals surface area contributed by atoms with Gasteiger partial charge in [0.1, 0.15) is 11.5 Å². The molecule has 2 saturated heterocycles. The van der Waals surface area contributed by atoms with Gasteiger partial charge in [-0.05, 0) is 79.8 Å². The number of ether oxygens (including phenoxy) is 2. The highest BCUT2D eigenvalue weighted by molar-refractivity contribution is 6.30. The molecule has 2 atom stereocenters. The molecule has 1 amide bonds. The zero-order valence-electron chi connectivity index (χ0n) is 30.0. The van der Waals surface area contributed by atoms with Gasteiger partial charge in [0.25, 0.3) is 0 Å². The summed E-state index contributed by atoms with van der Waals surface area (Å²) in [4.78, 5) is 24.3. The second kappa shape index (κ2) is 16.3. The highest BCUT2D eigenvalue weighted by Crippen LogP contribution is 2.38. The lowest BCUT2D eigenvalue weighted by molar-refractivity contribution is -0.139. The second-order valence-corrected chi connectivity index (χ2v) is 15.2. The van der Waals surface area contributed by atoms with Crippen LogP contribution < -0.4 is 9.47 Å². The standard InChI is InChI=1S/C41H55ClN4O3/c1-31(2)45-28-38(34-12-14-35(42)15-13-34)39(29-45)40(47)44-22-24-46(25-23-44)41(20-6-5-7-21-41)30-43(26-32-8-16-36(48-3)17-9-32)27-33-10-18-37(49-4)19-11-33/h8-19,31,38-39H,5-7,20-30H2,1-4H3/t38-,39+/m1/s1. The molecule has 0 N–H and O–H groups in total. The number of hydrogen-bond acceptors (Lipinski definition) is 6. The van der Waals surface area contributed by atoms with Crippen LogP contribution >= 0.6 is 11.6 Å². The molecule has 1 aliphatic carbocycles. The Kier molecular flexibility index (Phi) is 11.9. The SMILES string of the molecule is COc1ccc(CN(Cc2ccc(OC)cc2)CC2(N3CCN(C(=O)[C@H]4CN(C(C)C)C[C@@H]4c4ccc(Cl)cc4)CC3)CCCCC2)cc1. The Hall–Kier alpha value is -3.10. The molecule has 0 aromatic heterocycles. The molecular formula is C41H55ClN4O3. The molecule has 8 heteroatoms. The van der Waals surface area contributed by atoms with E-state index in [4.69, 9.17) is 21.1 Å². The van der Waals surface area contributed by atoms with Gasteiger partial charge in [0.05, 0.1) is 20.1 Å². The monoisotopic (exact) mass is 686 g/mol. The van der Waals surface area contributed by atoms with Gasteiger partial charge in [-0.3, -0.25) is 19.5 Å². The molecule has 3 fully saturated rings. The molecule has 6 rings (SSSR count). The summed E-state index contributed by atoms with van der Waals surface area (Å²) in [5.74, 6) is 2.26. The van der Waals surface area contributed by atoms with Gasteiger partial charge in [0.2, 0.25) is 5.91 Å². The highest BCUT2D eigenvalue weighted by atomic mass is 35.5. The maximum atomic E-state index is 14.3. The predicted molar refractivity (Wildman–Crippen MR) is 198 cm³/mol. The quantitative estimate of drug-likeness (QED) is 0.199. The van der Waals surface area contributed by atoms with Gasteiger partial charge in [-0.25, -0.2) is 0 Å². The van der Waals surface area contributed by atoms with Crippen molar-refractivity contribution < 1.29 is 14.3 Å². The zero-order chi connectivity index (χ0) is 34.4. The maximum Gasteiger partial charge on any atom is 0.227 e. The van der Waals surface area contributed by atoms with Crippen molar-refractivity contribution in [3.63, 3.8) is 0 Å². The van der Waals surface area contributed by atoms with Crippen molar-refractivity contribution in [1.29, 1.82) is 0 Å². The number of piperazine rings is 1. The number of likely N-dealkylation sites (tertiary alicyclic amines) is 1. The van der Waals surface area contributed by atoms with Crippen LogP contribution in [-0.2, 0) is 17.9 Å². The molecule has 3 aliphatic rings. The summed E-state index contributed by atoms with van der Waals surface area (Å²) in [6.45, 7) is 12.4. The molecule has 0 radical (unpaired) electrons. The molecule has 0 spiro atoms. The third kappa shape index (κ3) is 8.62. The van der Waals surface area contributed by atoms with Crippen LogP contribution in [0.15, 0.2) is 72.8 Å². The number of hydrogen-bond donors (Lipinski definition) is 0. The molecule has 49 heavy (non-hydrogen) atoms. The van der Waals surface area contributed by atoms with E-state index < -0.39 is 0 Å². The molecule has 2 aliphatic heterocycles. The number of rotatable bonds is 12. The van der Waals surface area contributed by atoms with E-state index in [-0.39, 0.29) is 17.4 Å². The Morgan fingerprint density at radius 1 is 0.796 bits per heavy atom. The minimum absolute atomic E-state index is 0.0248. The molecule has 0 bridgehead atoms. The minimum atomic E-state index is -0.0248. The Morgan fingerprint density at radius 3 is 1.86 bits per heavy atom. The number of methoxy groups -OCH3 is 2. The van der Waals surface area contributed by atoms with E-state index in [1.165, 1.54) is 48.8 Å². The van der Waals surface area contributed by atoms with Crippen LogP contribution in [0.25, 0.3) is 0 Å². The van der Waals surface area contributed by atoms with Crippen molar-refractivity contribution >= 4 is 17.5 Å². The number of amides is 1. The normalized spacial score (nSPS) is 21.7. The molecule has 3 aromatic carbocycles. The lowest BCUT2D eigenvalue weighted by Gasteiger charge is -2.52. The smallest absolute Gasteiger partial charge is 0.227 e. The van der Waals surface area contributed by atoms with Crippen LogP contribution in [0, 0.1) is 5.92 Å². The van der Waals surface area contributed by atoms with Crippen LogP contribution in [0.4, 0.5) is 0 Å². The summed E-state index contributed by atoms with van der Waals surface area (Å²) in [5.41, 5.74) is 3.90. The van der Waals surface area contributed by atoms with E-state index in [0.29, 0.717) is 11.9 Å². The minimum Gasteiger partial charge on any atom is -0.497 e. The molecule has 7 nitrogen and oxygen atoms in total. The Morgan fingerprint density at radius 2 is 1.35 bits per heavy atom. The summed E-state index contributed by atoms with van der Waals surface area (Å²) in [7, 11) is 3.44. The van der Waals surface area contributed by atoms with Crippen molar-refractivity contribution in [2.24, 2.45) is 5.92 Å². The topological polar surface area (TPSA) is 48.5 Å². The molecular weight excluding hydrogens is 632 g/mol. The van der Waals surface area contributed by atoms with Crippen LogP contribution in [0.1, 0.15) is 68.6 Å². The van der Waals surface area contributed by atoms with Crippen LogP contribution in [0.3, 0.4) is 0 Å². The average Bonchev–Trinajstić information content (AvgIpc) is 3.59. The largest absolute Gasteiger partial charge is 0.497 e. The molecule has 0 unspecified atom stereocenters. The van der Waals surface area contributed by atoms with Gasteiger partial charge < -0.3 is 14.4 Å². The summed E-state index contributed by atoms with van der Waals surface area (Å²) < 4.78 is 10.9. The van der Waals surface area contributed by atoms with Gasteiger partial charge in [0, 0.05) is 81.4 Å². The van der Waals surface area contributed by atoms with Crippen LogP contribution in [0.2, 0.25) is 5.02 Å². The third-order valence-electron chi connectivity index (χ3n) is 11.4. The first kappa shape index (κ1) is 35.7. The fraction of sp³-hybridized carbons (Fsp3) is 0.537. The van der Waals surface area contributed by atoms with E-state index in [0.717, 1.165) is 75.4 Å². The zero-order valence-corrected chi connectivity index (χ0v) is 30.7. The van der Waals surface area contributed by atoms with E-state index in [1.807, 2.05) is 12.1 Å². The average molecular weight is 687 g/mol. The Labute approximate surface area is 299 Å². The number of carbonyl (C=O) groups is 1. The maximum absolute atomic E-state index is 14.3. The Bertz CT molecular complexity index is 1430. The van der Waals surface area contributed by atoms with Crippen molar-refractivity contribution in [3.05, 3.63) is 94.5 Å². The van der Waals surface area contributed by atoms with Crippen molar-refractivity contribution in [3.8, 4) is 11.5 Å². The highest BCUT2D eigenvalue weighted by Gasteiger charge is 2.44. The van der Waals surface area contributed by atoms with Crippen molar-refractivity contribution in [1.82, 2.24) is 19.6 Å². The fourth-order valence-corrected chi connectivity index (χ4v) is 8.66. The van der Waals surface area contributed by atoms with E-state index in [9.17, 15) is 4.79 Å². The number of carbonyl (C=O) groups excluding carboxylic acids is 1. The van der Waals surface area contributed by atoms with Crippen molar-refractivity contribution in [2.75, 3.05) is 60.0 Å². The predicted octanol–water partition coefficient (Wildman–Crippen LogP) is 7.33. The van der Waals surface area contributed by atoms with Gasteiger partial charge in [-0.1, -0.05) is 67.3 Å². The molecule has 2 heterocycles. The lowest BCUT2D eigenvalue weighted by atomic mass is 9.79.